The van der Waals surface area contributed by atoms with Crippen LogP contribution in [-0.2, 0) is 13.2 Å². The molecule has 4 nitrogen and oxygen atoms in total. The number of piperazine rings is 1. The normalized spacial score (nSPS) is 16.8. The van der Waals surface area contributed by atoms with Crippen LogP contribution in [-0.4, -0.2) is 52.0 Å². The molecule has 1 aliphatic rings. The monoisotopic (exact) mass is 366 g/mol. The van der Waals surface area contributed by atoms with E-state index in [2.05, 4.69) is 46.1 Å². The van der Waals surface area contributed by atoms with Crippen molar-refractivity contribution in [1.82, 2.24) is 19.6 Å². The zero-order chi connectivity index (χ0) is 16.2. The van der Waals surface area contributed by atoms with Crippen molar-refractivity contribution in [3.05, 3.63) is 39.3 Å². The van der Waals surface area contributed by atoms with Gasteiger partial charge in [-0.15, -0.1) is 0 Å². The third-order valence-electron chi connectivity index (χ3n) is 4.05. The average Bonchev–Trinajstić information content (AvgIpc) is 2.89. The maximum absolute atomic E-state index is 5.40. The van der Waals surface area contributed by atoms with Crippen molar-refractivity contribution >= 4 is 35.3 Å². The number of thioether (sulfide) groups is 1. The highest BCUT2D eigenvalue weighted by molar-refractivity contribution is 8.00. The van der Waals surface area contributed by atoms with Crippen LogP contribution in [0, 0.1) is 10.9 Å². The second kappa shape index (κ2) is 7.90. The minimum absolute atomic E-state index is 0.814. The number of benzene rings is 1. The zero-order valence-corrected chi connectivity index (χ0v) is 16.0. The third-order valence-corrected chi connectivity index (χ3v) is 6.33. The van der Waals surface area contributed by atoms with Gasteiger partial charge in [0.25, 0.3) is 0 Å². The van der Waals surface area contributed by atoms with Gasteiger partial charge in [0.2, 0.25) is 0 Å². The van der Waals surface area contributed by atoms with Gasteiger partial charge in [0, 0.05) is 32.7 Å². The van der Waals surface area contributed by atoms with Gasteiger partial charge >= 0.3 is 0 Å². The zero-order valence-electron chi connectivity index (χ0n) is 13.6. The van der Waals surface area contributed by atoms with E-state index >= 15 is 0 Å². The van der Waals surface area contributed by atoms with E-state index in [1.165, 1.54) is 11.1 Å². The predicted molar refractivity (Wildman–Crippen MR) is 101 cm³/mol. The Morgan fingerprint density at radius 2 is 1.96 bits per heavy atom. The second-order valence-corrected chi connectivity index (χ2v) is 8.54. The van der Waals surface area contributed by atoms with Gasteiger partial charge in [-0.05, 0) is 31.0 Å². The molecule has 0 amide bonds. The molecule has 0 saturated carbocycles. The molecule has 1 aromatic carbocycles. The Labute approximate surface area is 151 Å². The largest absolute Gasteiger partial charge is 0.297 e. The molecular formula is C16H22N4S3. The molecule has 124 valence electrons. The van der Waals surface area contributed by atoms with E-state index in [0.29, 0.717) is 0 Å². The molecule has 0 N–H and O–H groups in total. The molecule has 1 aliphatic heterocycles. The summed E-state index contributed by atoms with van der Waals surface area (Å²) >= 11 is 8.66. The van der Waals surface area contributed by atoms with E-state index in [0.717, 1.165) is 47.7 Å². The van der Waals surface area contributed by atoms with E-state index in [-0.39, 0.29) is 0 Å². The second-order valence-electron chi connectivity index (χ2n) is 5.86. The van der Waals surface area contributed by atoms with Gasteiger partial charge < -0.3 is 0 Å². The van der Waals surface area contributed by atoms with Crippen molar-refractivity contribution in [3.63, 3.8) is 0 Å². The standard InChI is InChI=1S/C16H22N4S3/c1-13-4-3-5-14(10-13)11-18-6-8-19(9-7-18)12-20-16(21)23-15(17-20)22-2/h3-5,10H,6-9,11-12H2,1-2H3. The molecule has 23 heavy (non-hydrogen) atoms. The van der Waals surface area contributed by atoms with Crippen molar-refractivity contribution in [2.24, 2.45) is 0 Å². The maximum atomic E-state index is 5.40. The van der Waals surface area contributed by atoms with Gasteiger partial charge in [-0.2, -0.15) is 5.10 Å². The van der Waals surface area contributed by atoms with E-state index in [1.807, 2.05) is 10.9 Å². The summed E-state index contributed by atoms with van der Waals surface area (Å²) in [5, 5.41) is 4.56. The lowest BCUT2D eigenvalue weighted by Crippen LogP contribution is -2.46. The number of hydrogen-bond donors (Lipinski definition) is 0. The van der Waals surface area contributed by atoms with Crippen LogP contribution >= 0.6 is 35.3 Å². The van der Waals surface area contributed by atoms with Crippen LogP contribution in [0.3, 0.4) is 0 Å². The maximum Gasteiger partial charge on any atom is 0.181 e. The lowest BCUT2D eigenvalue weighted by atomic mass is 10.1. The Bertz CT molecular complexity index is 701. The van der Waals surface area contributed by atoms with Crippen molar-refractivity contribution in [2.45, 2.75) is 24.5 Å². The van der Waals surface area contributed by atoms with Gasteiger partial charge in [-0.25, -0.2) is 4.68 Å². The molecule has 0 radical (unpaired) electrons. The fourth-order valence-electron chi connectivity index (χ4n) is 2.81. The summed E-state index contributed by atoms with van der Waals surface area (Å²) in [7, 11) is 0. The first-order valence-corrected chi connectivity index (χ1v) is 10.2. The Balaban J connectivity index is 1.52. The van der Waals surface area contributed by atoms with E-state index < -0.39 is 0 Å². The summed E-state index contributed by atoms with van der Waals surface area (Å²) in [5.41, 5.74) is 2.74. The van der Waals surface area contributed by atoms with E-state index in [1.54, 1.807) is 23.1 Å². The molecule has 1 fully saturated rings. The van der Waals surface area contributed by atoms with Crippen molar-refractivity contribution in [1.29, 1.82) is 0 Å². The lowest BCUT2D eigenvalue weighted by Gasteiger charge is -2.34. The molecule has 1 aromatic heterocycles. The Kier molecular flexibility index (Phi) is 5.87. The average molecular weight is 367 g/mol. The quantitative estimate of drug-likeness (QED) is 0.596. The molecule has 0 spiro atoms. The fourth-order valence-corrected chi connectivity index (χ4v) is 4.54. The molecule has 2 aromatic rings. The molecule has 7 heteroatoms. The number of hydrogen-bond acceptors (Lipinski definition) is 6. The van der Waals surface area contributed by atoms with Crippen LogP contribution < -0.4 is 0 Å². The summed E-state index contributed by atoms with van der Waals surface area (Å²) in [6, 6.07) is 8.80. The van der Waals surface area contributed by atoms with Crippen LogP contribution in [0.1, 0.15) is 11.1 Å². The predicted octanol–water partition coefficient (Wildman–Crippen LogP) is 3.48. The smallest absolute Gasteiger partial charge is 0.181 e. The first-order valence-electron chi connectivity index (χ1n) is 7.76. The Morgan fingerprint density at radius 1 is 1.22 bits per heavy atom. The minimum atomic E-state index is 0.814. The molecule has 2 heterocycles. The number of aromatic nitrogens is 2. The molecular weight excluding hydrogens is 344 g/mol. The van der Waals surface area contributed by atoms with Crippen molar-refractivity contribution < 1.29 is 0 Å². The van der Waals surface area contributed by atoms with E-state index in [9.17, 15) is 0 Å². The Hall–Kier alpha value is -0.730. The van der Waals surface area contributed by atoms with Crippen molar-refractivity contribution in [3.8, 4) is 0 Å². The lowest BCUT2D eigenvalue weighted by molar-refractivity contribution is 0.0980. The van der Waals surface area contributed by atoms with Gasteiger partial charge in [0.1, 0.15) is 0 Å². The molecule has 0 bridgehead atoms. The van der Waals surface area contributed by atoms with Gasteiger partial charge in [-0.3, -0.25) is 9.80 Å². The fraction of sp³-hybridized carbons (Fsp3) is 0.500. The minimum Gasteiger partial charge on any atom is -0.297 e. The Morgan fingerprint density at radius 3 is 2.61 bits per heavy atom. The summed E-state index contributed by atoms with van der Waals surface area (Å²) in [6.45, 7) is 8.35. The first-order chi connectivity index (χ1) is 11.1. The molecule has 3 rings (SSSR count). The first kappa shape index (κ1) is 17.1. The molecule has 1 saturated heterocycles. The molecule has 0 aliphatic carbocycles. The highest BCUT2D eigenvalue weighted by atomic mass is 32.2. The van der Waals surface area contributed by atoms with Gasteiger partial charge in [-0.1, -0.05) is 52.9 Å². The van der Waals surface area contributed by atoms with Crippen LogP contribution in [0.5, 0.6) is 0 Å². The van der Waals surface area contributed by atoms with Gasteiger partial charge in [0.05, 0.1) is 6.67 Å². The number of aryl methyl sites for hydroxylation is 1. The molecule has 0 unspecified atom stereocenters. The summed E-state index contributed by atoms with van der Waals surface area (Å²) in [6.07, 6.45) is 2.04. The van der Waals surface area contributed by atoms with E-state index in [4.69, 9.17) is 12.2 Å². The highest BCUT2D eigenvalue weighted by Crippen LogP contribution is 2.19. The van der Waals surface area contributed by atoms with Crippen molar-refractivity contribution in [2.75, 3.05) is 32.4 Å². The number of rotatable bonds is 5. The third kappa shape index (κ3) is 4.64. The summed E-state index contributed by atoms with van der Waals surface area (Å²) < 4.78 is 3.88. The SMILES string of the molecule is CSc1nn(CN2CCN(Cc3cccc(C)c3)CC2)c(=S)s1. The highest BCUT2D eigenvalue weighted by Gasteiger charge is 2.18. The topological polar surface area (TPSA) is 24.3 Å². The van der Waals surface area contributed by atoms with Crippen LogP contribution in [0.25, 0.3) is 0 Å². The van der Waals surface area contributed by atoms with Crippen LogP contribution in [0.4, 0.5) is 0 Å². The van der Waals surface area contributed by atoms with Gasteiger partial charge in [0.15, 0.2) is 8.29 Å². The number of nitrogens with zero attached hydrogens (tertiary/aromatic N) is 4. The summed E-state index contributed by atoms with van der Waals surface area (Å²) in [4.78, 5) is 4.96. The summed E-state index contributed by atoms with van der Waals surface area (Å²) in [5.74, 6) is 0. The molecule has 0 atom stereocenters. The van der Waals surface area contributed by atoms with Crippen LogP contribution in [0.15, 0.2) is 28.6 Å². The van der Waals surface area contributed by atoms with Crippen LogP contribution in [0.2, 0.25) is 0 Å².